The van der Waals surface area contributed by atoms with Crippen LogP contribution in [-0.2, 0) is 6.54 Å². The lowest BCUT2D eigenvalue weighted by molar-refractivity contribution is 0.281. The Kier molecular flexibility index (Phi) is 6.04. The fraction of sp³-hybridized carbons (Fsp3) is 0.200. The highest BCUT2D eigenvalue weighted by Crippen LogP contribution is 2.22. The summed E-state index contributed by atoms with van der Waals surface area (Å²) >= 11 is 5.93. The molecule has 0 saturated heterocycles. The third-order valence-electron chi connectivity index (χ3n) is 3.83. The molecule has 0 fully saturated rings. The van der Waals surface area contributed by atoms with Crippen LogP contribution in [0.15, 0.2) is 60.7 Å². The first-order valence-corrected chi connectivity index (χ1v) is 8.82. The molecule has 0 bridgehead atoms. The Morgan fingerprint density at radius 3 is 2.46 bits per heavy atom. The molecule has 1 aromatic heterocycles. The van der Waals surface area contributed by atoms with Crippen LogP contribution in [0.5, 0.6) is 0 Å². The maximum Gasteiger partial charge on any atom is 0.225 e. The average Bonchev–Trinajstić information content (AvgIpc) is 2.68. The lowest BCUT2D eigenvalue weighted by atomic mass is 10.1. The molecule has 134 valence electrons. The van der Waals surface area contributed by atoms with E-state index >= 15 is 0 Å². The van der Waals surface area contributed by atoms with E-state index in [0.717, 1.165) is 16.8 Å². The predicted molar refractivity (Wildman–Crippen MR) is 106 cm³/mol. The van der Waals surface area contributed by atoms with E-state index < -0.39 is 0 Å². The molecule has 5 nitrogen and oxygen atoms in total. The number of aliphatic hydroxyl groups excluding tert-OH is 1. The molecule has 3 aromatic rings. The second-order valence-electron chi connectivity index (χ2n) is 6.04. The Morgan fingerprint density at radius 2 is 1.77 bits per heavy atom. The van der Waals surface area contributed by atoms with Crippen LogP contribution in [-0.4, -0.2) is 27.7 Å². The van der Waals surface area contributed by atoms with Gasteiger partial charge in [0.2, 0.25) is 5.95 Å². The van der Waals surface area contributed by atoms with E-state index in [4.69, 9.17) is 11.6 Å². The molecular formula is C20H21ClN4O. The summed E-state index contributed by atoms with van der Waals surface area (Å²) < 4.78 is 0. The molecule has 0 aliphatic heterocycles. The molecule has 0 unspecified atom stereocenters. The van der Waals surface area contributed by atoms with E-state index in [9.17, 15) is 5.11 Å². The molecule has 0 amide bonds. The van der Waals surface area contributed by atoms with Gasteiger partial charge in [0.25, 0.3) is 0 Å². The Morgan fingerprint density at radius 1 is 1.04 bits per heavy atom. The minimum absolute atomic E-state index is 0.00641. The van der Waals surface area contributed by atoms with Crippen LogP contribution >= 0.6 is 11.6 Å². The Bertz CT molecular complexity index is 840. The number of hydrogen-bond acceptors (Lipinski definition) is 5. The number of hydrogen-bond donors (Lipinski definition) is 3. The molecule has 2 aromatic carbocycles. The summed E-state index contributed by atoms with van der Waals surface area (Å²) in [6.07, 6.45) is 0. The smallest absolute Gasteiger partial charge is 0.225 e. The largest absolute Gasteiger partial charge is 0.394 e. The third kappa shape index (κ3) is 4.94. The van der Waals surface area contributed by atoms with Gasteiger partial charge in [0.15, 0.2) is 0 Å². The SMILES string of the molecule is C[C@@H](CO)Nc1nc(NCc2ccc(Cl)cc2)cc(-c2ccccc2)n1. The molecule has 0 aliphatic carbocycles. The molecule has 1 heterocycles. The number of nitrogens with zero attached hydrogens (tertiary/aromatic N) is 2. The van der Waals surface area contributed by atoms with E-state index in [1.54, 1.807) is 0 Å². The van der Waals surface area contributed by atoms with Crippen LogP contribution in [0.25, 0.3) is 11.3 Å². The molecule has 3 N–H and O–H groups in total. The van der Waals surface area contributed by atoms with Crippen molar-refractivity contribution in [3.05, 3.63) is 71.2 Å². The van der Waals surface area contributed by atoms with E-state index in [0.29, 0.717) is 23.3 Å². The van der Waals surface area contributed by atoms with Crippen LogP contribution in [0.2, 0.25) is 5.02 Å². The number of aliphatic hydroxyl groups is 1. The lowest BCUT2D eigenvalue weighted by Gasteiger charge is -2.14. The van der Waals surface area contributed by atoms with Gasteiger partial charge in [0.1, 0.15) is 5.82 Å². The molecule has 0 aliphatic rings. The van der Waals surface area contributed by atoms with Gasteiger partial charge in [-0.15, -0.1) is 0 Å². The second kappa shape index (κ2) is 8.65. The zero-order valence-corrected chi connectivity index (χ0v) is 15.2. The van der Waals surface area contributed by atoms with Crippen molar-refractivity contribution >= 4 is 23.4 Å². The van der Waals surface area contributed by atoms with Crippen LogP contribution in [0, 0.1) is 0 Å². The van der Waals surface area contributed by atoms with Gasteiger partial charge in [-0.05, 0) is 24.6 Å². The maximum absolute atomic E-state index is 9.28. The molecule has 26 heavy (non-hydrogen) atoms. The quantitative estimate of drug-likeness (QED) is 0.583. The van der Waals surface area contributed by atoms with E-state index in [2.05, 4.69) is 20.6 Å². The summed E-state index contributed by atoms with van der Waals surface area (Å²) in [6, 6.07) is 19.4. The van der Waals surface area contributed by atoms with Gasteiger partial charge in [-0.25, -0.2) is 4.98 Å². The molecule has 0 radical (unpaired) electrons. The van der Waals surface area contributed by atoms with Crippen LogP contribution in [0.3, 0.4) is 0 Å². The lowest BCUT2D eigenvalue weighted by Crippen LogP contribution is -2.21. The van der Waals surface area contributed by atoms with Gasteiger partial charge in [-0.3, -0.25) is 0 Å². The number of anilines is 2. The highest BCUT2D eigenvalue weighted by Gasteiger charge is 2.09. The molecular weight excluding hydrogens is 348 g/mol. The summed E-state index contributed by atoms with van der Waals surface area (Å²) in [7, 11) is 0. The minimum Gasteiger partial charge on any atom is -0.394 e. The first kappa shape index (κ1) is 18.2. The summed E-state index contributed by atoms with van der Waals surface area (Å²) in [5, 5.41) is 16.4. The first-order chi connectivity index (χ1) is 12.6. The average molecular weight is 369 g/mol. The van der Waals surface area contributed by atoms with Gasteiger partial charge in [-0.2, -0.15) is 4.98 Å². The third-order valence-corrected chi connectivity index (χ3v) is 4.08. The van der Waals surface area contributed by atoms with Crippen molar-refractivity contribution in [1.29, 1.82) is 0 Å². The number of aromatic nitrogens is 2. The maximum atomic E-state index is 9.28. The van der Waals surface area contributed by atoms with Crippen molar-refractivity contribution in [3.63, 3.8) is 0 Å². The summed E-state index contributed by atoms with van der Waals surface area (Å²) in [4.78, 5) is 9.08. The number of benzene rings is 2. The van der Waals surface area contributed by atoms with Crippen molar-refractivity contribution in [2.24, 2.45) is 0 Å². The van der Waals surface area contributed by atoms with Crippen molar-refractivity contribution in [2.75, 3.05) is 17.2 Å². The predicted octanol–water partition coefficient (Wildman–Crippen LogP) is 4.20. The summed E-state index contributed by atoms with van der Waals surface area (Å²) in [5.41, 5.74) is 2.92. The van der Waals surface area contributed by atoms with Crippen LogP contribution in [0.1, 0.15) is 12.5 Å². The topological polar surface area (TPSA) is 70.1 Å². The van der Waals surface area contributed by atoms with E-state index in [-0.39, 0.29) is 12.6 Å². The van der Waals surface area contributed by atoms with Gasteiger partial charge in [0, 0.05) is 29.2 Å². The minimum atomic E-state index is -0.134. The highest BCUT2D eigenvalue weighted by molar-refractivity contribution is 6.30. The second-order valence-corrected chi connectivity index (χ2v) is 6.47. The molecule has 3 rings (SSSR count). The number of nitrogens with one attached hydrogen (secondary N) is 2. The van der Waals surface area contributed by atoms with Crippen molar-refractivity contribution < 1.29 is 5.11 Å². The van der Waals surface area contributed by atoms with Gasteiger partial charge >= 0.3 is 0 Å². The Labute approximate surface area is 158 Å². The molecule has 0 spiro atoms. The number of rotatable bonds is 7. The van der Waals surface area contributed by atoms with Crippen molar-refractivity contribution in [2.45, 2.75) is 19.5 Å². The van der Waals surface area contributed by atoms with Crippen LogP contribution in [0.4, 0.5) is 11.8 Å². The fourth-order valence-electron chi connectivity index (χ4n) is 2.42. The zero-order valence-electron chi connectivity index (χ0n) is 14.5. The standard InChI is InChI=1S/C20H21ClN4O/c1-14(13-26)23-20-24-18(16-5-3-2-4-6-16)11-19(25-20)22-12-15-7-9-17(21)10-8-15/h2-11,14,26H,12-13H2,1H3,(H2,22,23,24,25)/t14-/m0/s1. The molecule has 6 heteroatoms. The first-order valence-electron chi connectivity index (χ1n) is 8.44. The van der Waals surface area contributed by atoms with Gasteiger partial charge < -0.3 is 15.7 Å². The monoisotopic (exact) mass is 368 g/mol. The van der Waals surface area contributed by atoms with E-state index in [1.165, 1.54) is 0 Å². The summed E-state index contributed by atoms with van der Waals surface area (Å²) in [5.74, 6) is 1.19. The highest BCUT2D eigenvalue weighted by atomic mass is 35.5. The van der Waals surface area contributed by atoms with Crippen molar-refractivity contribution in [1.82, 2.24) is 9.97 Å². The molecule has 1 atom stereocenters. The number of halogens is 1. The van der Waals surface area contributed by atoms with Crippen LogP contribution < -0.4 is 10.6 Å². The van der Waals surface area contributed by atoms with E-state index in [1.807, 2.05) is 67.6 Å². The summed E-state index contributed by atoms with van der Waals surface area (Å²) in [6.45, 7) is 2.50. The zero-order chi connectivity index (χ0) is 18.4. The van der Waals surface area contributed by atoms with Gasteiger partial charge in [-0.1, -0.05) is 54.1 Å². The normalized spacial score (nSPS) is 11.8. The van der Waals surface area contributed by atoms with Gasteiger partial charge in [0.05, 0.1) is 12.3 Å². The Balaban J connectivity index is 1.85. The Hall–Kier alpha value is -2.63. The molecule has 0 saturated carbocycles. The fourth-order valence-corrected chi connectivity index (χ4v) is 2.55. The van der Waals surface area contributed by atoms with Crippen molar-refractivity contribution in [3.8, 4) is 11.3 Å².